The van der Waals surface area contributed by atoms with Gasteiger partial charge in [0.1, 0.15) is 5.65 Å². The predicted octanol–water partition coefficient (Wildman–Crippen LogP) is 2.05. The largest absolute Gasteiger partial charge is 0.409 e. The Balaban J connectivity index is 1.64. The average Bonchev–Trinajstić information content (AvgIpc) is 3.32. The van der Waals surface area contributed by atoms with Crippen LogP contribution in [0.1, 0.15) is 70.6 Å². The van der Waals surface area contributed by atoms with Gasteiger partial charge in [-0.15, -0.1) is 0 Å². The van der Waals surface area contributed by atoms with E-state index in [1.165, 1.54) is 6.20 Å². The molecule has 162 valence electrons. The van der Waals surface area contributed by atoms with Crippen molar-refractivity contribution in [1.82, 2.24) is 24.8 Å². The zero-order valence-corrected chi connectivity index (χ0v) is 18.0. The minimum atomic E-state index is -0.418. The molecule has 2 fully saturated rings. The Bertz CT molecular complexity index is 1050. The van der Waals surface area contributed by atoms with E-state index in [1.54, 1.807) is 10.6 Å². The van der Waals surface area contributed by atoms with Gasteiger partial charge in [-0.05, 0) is 59.5 Å². The van der Waals surface area contributed by atoms with Crippen LogP contribution in [0.2, 0.25) is 0 Å². The lowest BCUT2D eigenvalue weighted by molar-refractivity contribution is -0.124. The van der Waals surface area contributed by atoms with E-state index in [4.69, 9.17) is 0 Å². The first-order valence-corrected chi connectivity index (χ1v) is 10.5. The van der Waals surface area contributed by atoms with Crippen LogP contribution in [0.15, 0.2) is 22.2 Å². The van der Waals surface area contributed by atoms with Gasteiger partial charge < -0.3 is 15.5 Å². The van der Waals surface area contributed by atoms with Crippen molar-refractivity contribution < 1.29 is 10.0 Å². The maximum absolute atomic E-state index is 12.4. The number of amides is 1. The normalized spacial score (nSPS) is 20.5. The monoisotopic (exact) mass is 414 g/mol. The van der Waals surface area contributed by atoms with Crippen molar-refractivity contribution in [3.05, 3.63) is 33.9 Å². The van der Waals surface area contributed by atoms with E-state index in [-0.39, 0.29) is 28.8 Å². The molecule has 1 saturated carbocycles. The molecule has 0 atom stereocenters. The van der Waals surface area contributed by atoms with Crippen LogP contribution in [0.5, 0.6) is 0 Å². The lowest BCUT2D eigenvalue weighted by Gasteiger charge is -2.40. The molecule has 0 unspecified atom stereocenters. The van der Waals surface area contributed by atoms with Crippen LogP contribution in [-0.2, 0) is 4.79 Å². The first kappa shape index (κ1) is 20.6. The van der Waals surface area contributed by atoms with Crippen molar-refractivity contribution in [1.29, 1.82) is 0 Å². The second-order valence-electron chi connectivity index (χ2n) is 9.77. The van der Waals surface area contributed by atoms with E-state index in [0.29, 0.717) is 11.2 Å². The number of hydrogen-bond donors (Lipinski definition) is 3. The molecule has 9 heteroatoms. The summed E-state index contributed by atoms with van der Waals surface area (Å²) < 4.78 is 1.70. The van der Waals surface area contributed by atoms with Crippen LogP contribution >= 0.6 is 0 Å². The van der Waals surface area contributed by atoms with Gasteiger partial charge in [-0.2, -0.15) is 5.10 Å². The molecular formula is C21H30N6O3. The molecule has 3 heterocycles. The molecule has 2 aromatic heterocycles. The van der Waals surface area contributed by atoms with Gasteiger partial charge in [-0.1, -0.05) is 12.1 Å². The van der Waals surface area contributed by atoms with Crippen molar-refractivity contribution >= 4 is 17.4 Å². The number of carbonyl (C=O) groups is 1. The van der Waals surface area contributed by atoms with Crippen LogP contribution in [0.3, 0.4) is 0 Å². The molecule has 0 spiro atoms. The Morgan fingerprint density at radius 1 is 1.33 bits per heavy atom. The number of H-pyrrole nitrogens is 1. The lowest BCUT2D eigenvalue weighted by Crippen LogP contribution is -2.46. The molecule has 30 heavy (non-hydrogen) atoms. The molecule has 2 aliphatic rings. The third kappa shape index (κ3) is 3.74. The number of oxime groups is 1. The summed E-state index contributed by atoms with van der Waals surface area (Å²) in [7, 11) is 0. The third-order valence-corrected chi connectivity index (χ3v) is 6.53. The van der Waals surface area contributed by atoms with Crippen molar-refractivity contribution in [3.63, 3.8) is 0 Å². The molecule has 1 amide bonds. The van der Waals surface area contributed by atoms with Gasteiger partial charge in [0.25, 0.3) is 5.56 Å². The molecule has 0 bridgehead atoms. The summed E-state index contributed by atoms with van der Waals surface area (Å²) in [5.41, 5.74) is 1.11. The highest BCUT2D eigenvalue weighted by molar-refractivity contribution is 6.12. The Kier molecular flexibility index (Phi) is 4.96. The number of fused-ring (bicyclic) bond motifs is 1. The molecule has 1 aliphatic carbocycles. The van der Waals surface area contributed by atoms with Crippen molar-refractivity contribution in [2.24, 2.45) is 10.6 Å². The molecule has 4 rings (SSSR count). The van der Waals surface area contributed by atoms with E-state index in [0.717, 1.165) is 44.5 Å². The Hall–Kier alpha value is -2.68. The van der Waals surface area contributed by atoms with Crippen molar-refractivity contribution in [2.75, 3.05) is 13.1 Å². The van der Waals surface area contributed by atoms with Crippen LogP contribution in [-0.4, -0.2) is 55.1 Å². The zero-order chi connectivity index (χ0) is 21.7. The summed E-state index contributed by atoms with van der Waals surface area (Å²) >= 11 is 0. The number of hydrogen-bond acceptors (Lipinski definition) is 6. The highest BCUT2D eigenvalue weighted by atomic mass is 16.4. The maximum atomic E-state index is 12.4. The second kappa shape index (κ2) is 7.23. The van der Waals surface area contributed by atoms with Crippen LogP contribution in [0, 0.1) is 5.41 Å². The average molecular weight is 415 g/mol. The topological polar surface area (TPSA) is 115 Å². The highest BCUT2D eigenvalue weighted by Gasteiger charge is 2.45. The van der Waals surface area contributed by atoms with Gasteiger partial charge in [0, 0.05) is 22.9 Å². The smallest absolute Gasteiger partial charge is 0.251 e. The lowest BCUT2D eigenvalue weighted by atomic mass is 9.90. The number of nitrogens with zero attached hydrogens (tertiary/aromatic N) is 4. The number of likely N-dealkylation sites (tertiary alicyclic amines) is 1. The Morgan fingerprint density at radius 2 is 2.00 bits per heavy atom. The standard InChI is InChI=1S/C21H30N6O3/c1-20(2,3)26-9-5-13(6-10-26)15-11-16(28)23-18-14(12-22-27(15)18)17(25-30)24-19(29)21(4)7-8-21/h11-13,30H,5-10H2,1-4H3,(H,23,28)(H,24,25,29). The first-order valence-electron chi connectivity index (χ1n) is 10.5. The maximum Gasteiger partial charge on any atom is 0.251 e. The first-order chi connectivity index (χ1) is 14.1. The van der Waals surface area contributed by atoms with E-state index in [9.17, 15) is 14.8 Å². The molecule has 2 aromatic rings. The van der Waals surface area contributed by atoms with Crippen LogP contribution in [0.25, 0.3) is 5.65 Å². The number of piperidine rings is 1. The molecule has 0 aromatic carbocycles. The molecule has 3 N–H and O–H groups in total. The van der Waals surface area contributed by atoms with Crippen molar-refractivity contribution in [2.45, 2.75) is 64.8 Å². The van der Waals surface area contributed by atoms with E-state index >= 15 is 0 Å². The molecule has 9 nitrogen and oxygen atoms in total. The van der Waals surface area contributed by atoms with Gasteiger partial charge in [0.05, 0.1) is 17.5 Å². The van der Waals surface area contributed by atoms with Gasteiger partial charge >= 0.3 is 0 Å². The summed E-state index contributed by atoms with van der Waals surface area (Å²) in [6, 6.07) is 1.60. The summed E-state index contributed by atoms with van der Waals surface area (Å²) in [6.07, 6.45) is 4.99. The predicted molar refractivity (Wildman–Crippen MR) is 113 cm³/mol. The van der Waals surface area contributed by atoms with Gasteiger partial charge in [0.15, 0.2) is 5.84 Å². The van der Waals surface area contributed by atoms with Gasteiger partial charge in [-0.3, -0.25) is 14.5 Å². The fourth-order valence-electron chi connectivity index (χ4n) is 4.14. The SMILES string of the molecule is CC1(C(=O)NC(=NO)c2cnn3c(C4CCN(C(C)(C)C)CC4)cc(=O)[nH]c23)CC1. The Labute approximate surface area is 175 Å². The van der Waals surface area contributed by atoms with E-state index < -0.39 is 5.41 Å². The fourth-order valence-corrected chi connectivity index (χ4v) is 4.14. The van der Waals surface area contributed by atoms with E-state index in [1.807, 2.05) is 6.92 Å². The molecular weight excluding hydrogens is 384 g/mol. The second-order valence-corrected chi connectivity index (χ2v) is 9.77. The summed E-state index contributed by atoms with van der Waals surface area (Å²) in [4.78, 5) is 30.1. The molecule has 0 radical (unpaired) electrons. The summed E-state index contributed by atoms with van der Waals surface area (Å²) in [5.74, 6) is 0.0109. The van der Waals surface area contributed by atoms with Crippen LogP contribution in [0.4, 0.5) is 0 Å². The number of amidine groups is 1. The van der Waals surface area contributed by atoms with E-state index in [2.05, 4.69) is 46.2 Å². The number of nitrogens with one attached hydrogen (secondary N) is 2. The quantitative estimate of drug-likeness (QED) is 0.308. The number of aromatic amines is 1. The zero-order valence-electron chi connectivity index (χ0n) is 18.0. The van der Waals surface area contributed by atoms with Gasteiger partial charge in [-0.25, -0.2) is 4.52 Å². The van der Waals surface area contributed by atoms with Crippen LogP contribution < -0.4 is 10.9 Å². The highest BCUT2D eigenvalue weighted by Crippen LogP contribution is 2.45. The minimum Gasteiger partial charge on any atom is -0.409 e. The van der Waals surface area contributed by atoms with Crippen molar-refractivity contribution in [3.8, 4) is 0 Å². The minimum absolute atomic E-state index is 0.00141. The summed E-state index contributed by atoms with van der Waals surface area (Å²) in [5, 5.41) is 19.9. The number of aromatic nitrogens is 3. The fraction of sp³-hybridized carbons (Fsp3) is 0.619. The number of carbonyl (C=O) groups excluding carboxylic acids is 1. The Morgan fingerprint density at radius 3 is 2.57 bits per heavy atom. The molecule has 1 aliphatic heterocycles. The van der Waals surface area contributed by atoms with Gasteiger partial charge in [0.2, 0.25) is 5.91 Å². The number of rotatable bonds is 3. The third-order valence-electron chi connectivity index (χ3n) is 6.53. The summed E-state index contributed by atoms with van der Waals surface area (Å²) in [6.45, 7) is 10.4. The molecule has 1 saturated heterocycles.